The van der Waals surface area contributed by atoms with Crippen molar-refractivity contribution in [1.29, 1.82) is 0 Å². The number of rotatable bonds is 3. The molecule has 1 atom stereocenters. The Hall–Kier alpha value is -2.98. The average molecular weight is 432 g/mol. The van der Waals surface area contributed by atoms with Crippen LogP contribution in [-0.4, -0.2) is 57.4 Å². The molecule has 1 saturated heterocycles. The SMILES string of the molecule is CC(=O)c1ccc(N2CCN(C(=O)[C@@H]3Nc4cc(F)ccc4S(=O)(=O)N3)CC2)cc1. The van der Waals surface area contributed by atoms with E-state index in [4.69, 9.17) is 0 Å². The molecule has 1 amide bonds. The molecule has 8 nitrogen and oxygen atoms in total. The van der Waals surface area contributed by atoms with Crippen molar-refractivity contribution < 1.29 is 22.4 Å². The molecule has 30 heavy (non-hydrogen) atoms. The van der Waals surface area contributed by atoms with Crippen LogP contribution < -0.4 is 14.9 Å². The van der Waals surface area contributed by atoms with E-state index < -0.39 is 27.9 Å². The predicted octanol–water partition coefficient (Wildman–Crippen LogP) is 1.41. The second-order valence-electron chi connectivity index (χ2n) is 7.25. The lowest BCUT2D eigenvalue weighted by atomic mass is 10.1. The van der Waals surface area contributed by atoms with E-state index in [2.05, 4.69) is 14.9 Å². The van der Waals surface area contributed by atoms with Gasteiger partial charge in [-0.15, -0.1) is 0 Å². The molecule has 2 N–H and O–H groups in total. The molecule has 1 fully saturated rings. The first-order valence-corrected chi connectivity index (χ1v) is 11.0. The van der Waals surface area contributed by atoms with Crippen molar-refractivity contribution >= 4 is 33.1 Å². The molecule has 158 valence electrons. The highest BCUT2D eigenvalue weighted by Crippen LogP contribution is 2.27. The lowest BCUT2D eigenvalue weighted by molar-refractivity contribution is -0.132. The van der Waals surface area contributed by atoms with Crippen molar-refractivity contribution in [2.75, 3.05) is 36.4 Å². The van der Waals surface area contributed by atoms with Crippen molar-refractivity contribution in [1.82, 2.24) is 9.62 Å². The molecular weight excluding hydrogens is 411 g/mol. The second-order valence-corrected chi connectivity index (χ2v) is 8.94. The molecule has 0 radical (unpaired) electrons. The molecule has 2 heterocycles. The van der Waals surface area contributed by atoms with Crippen LogP contribution in [0.4, 0.5) is 15.8 Å². The number of hydrogen-bond acceptors (Lipinski definition) is 6. The third-order valence-electron chi connectivity index (χ3n) is 5.28. The average Bonchev–Trinajstić information content (AvgIpc) is 2.72. The van der Waals surface area contributed by atoms with E-state index >= 15 is 0 Å². The van der Waals surface area contributed by atoms with Gasteiger partial charge < -0.3 is 15.1 Å². The van der Waals surface area contributed by atoms with E-state index in [-0.39, 0.29) is 16.4 Å². The highest BCUT2D eigenvalue weighted by Gasteiger charge is 2.36. The first kappa shape index (κ1) is 20.3. The summed E-state index contributed by atoms with van der Waals surface area (Å²) in [4.78, 5) is 27.9. The first-order valence-electron chi connectivity index (χ1n) is 9.48. The summed E-state index contributed by atoms with van der Waals surface area (Å²) >= 11 is 0. The number of carbonyl (C=O) groups excluding carboxylic acids is 2. The maximum Gasteiger partial charge on any atom is 0.261 e. The minimum Gasteiger partial charge on any atom is -0.368 e. The van der Waals surface area contributed by atoms with Crippen LogP contribution in [0.2, 0.25) is 0 Å². The van der Waals surface area contributed by atoms with E-state index in [1.54, 1.807) is 17.0 Å². The number of hydrogen-bond donors (Lipinski definition) is 2. The highest BCUT2D eigenvalue weighted by atomic mass is 32.2. The number of nitrogens with zero attached hydrogens (tertiary/aromatic N) is 2. The summed E-state index contributed by atoms with van der Waals surface area (Å²) < 4.78 is 40.7. The maximum atomic E-state index is 13.5. The summed E-state index contributed by atoms with van der Waals surface area (Å²) in [5, 5.41) is 2.78. The minimum absolute atomic E-state index is 0.000792. The molecular formula is C20H21FN4O4S. The normalized spacial score (nSPS) is 20.3. The Bertz CT molecular complexity index is 1100. The van der Waals surface area contributed by atoms with Gasteiger partial charge in [0.15, 0.2) is 11.9 Å². The molecule has 2 aliphatic heterocycles. The Morgan fingerprint density at radius 3 is 2.33 bits per heavy atom. The Kier molecular flexibility index (Phi) is 5.20. The zero-order valence-corrected chi connectivity index (χ0v) is 17.1. The van der Waals surface area contributed by atoms with Gasteiger partial charge in [-0.05, 0) is 49.4 Å². The smallest absolute Gasteiger partial charge is 0.261 e. The Labute approximate surface area is 173 Å². The molecule has 0 aromatic heterocycles. The molecule has 0 aliphatic carbocycles. The van der Waals surface area contributed by atoms with Gasteiger partial charge in [-0.3, -0.25) is 9.59 Å². The summed E-state index contributed by atoms with van der Waals surface area (Å²) in [6.07, 6.45) is -1.19. The standard InChI is InChI=1S/C20H21FN4O4S/c1-13(26)14-2-5-16(6-3-14)24-8-10-25(11-9-24)20(27)19-22-17-12-15(21)4-7-18(17)30(28,29)23-19/h2-7,12,19,22-23H,8-11H2,1H3/t19-/m1/s1. The zero-order chi connectivity index (χ0) is 21.5. The summed E-state index contributed by atoms with van der Waals surface area (Å²) in [5.41, 5.74) is 1.66. The van der Waals surface area contributed by atoms with E-state index in [9.17, 15) is 22.4 Å². The topological polar surface area (TPSA) is 98.8 Å². The van der Waals surface area contributed by atoms with E-state index in [0.717, 1.165) is 23.9 Å². The largest absolute Gasteiger partial charge is 0.368 e. The maximum absolute atomic E-state index is 13.5. The summed E-state index contributed by atoms with van der Waals surface area (Å²) in [6.45, 7) is 3.46. The van der Waals surface area contributed by atoms with Crippen LogP contribution in [0, 0.1) is 5.82 Å². The molecule has 10 heteroatoms. The number of Topliss-reactive ketones (excluding diaryl/α,β-unsaturated/α-hetero) is 1. The van der Waals surface area contributed by atoms with E-state index in [1.165, 1.54) is 6.92 Å². The molecule has 4 rings (SSSR count). The second kappa shape index (κ2) is 7.69. The van der Waals surface area contributed by atoms with Crippen molar-refractivity contribution in [3.8, 4) is 0 Å². The van der Waals surface area contributed by atoms with E-state index in [0.29, 0.717) is 31.7 Å². The third-order valence-corrected chi connectivity index (χ3v) is 6.76. The number of sulfonamides is 1. The number of carbonyl (C=O) groups is 2. The van der Waals surface area contributed by atoms with Crippen LogP contribution in [-0.2, 0) is 14.8 Å². The summed E-state index contributed by atoms with van der Waals surface area (Å²) in [7, 11) is -3.92. The molecule has 0 saturated carbocycles. The number of amides is 1. The highest BCUT2D eigenvalue weighted by molar-refractivity contribution is 7.89. The first-order chi connectivity index (χ1) is 14.2. The van der Waals surface area contributed by atoms with Crippen molar-refractivity contribution in [2.24, 2.45) is 0 Å². The molecule has 2 aromatic carbocycles. The summed E-state index contributed by atoms with van der Waals surface area (Å²) in [6, 6.07) is 10.6. The van der Waals surface area contributed by atoms with Crippen molar-refractivity contribution in [2.45, 2.75) is 18.0 Å². The zero-order valence-electron chi connectivity index (χ0n) is 16.3. The molecule has 2 aliphatic rings. The Morgan fingerprint density at radius 2 is 1.70 bits per heavy atom. The fourth-order valence-electron chi connectivity index (χ4n) is 3.64. The van der Waals surface area contributed by atoms with Gasteiger partial charge in [-0.25, -0.2) is 12.8 Å². The molecule has 0 bridgehead atoms. The molecule has 0 spiro atoms. The molecule has 0 unspecified atom stereocenters. The van der Waals surface area contributed by atoms with Gasteiger partial charge in [0, 0.05) is 37.4 Å². The van der Waals surface area contributed by atoms with Gasteiger partial charge in [-0.2, -0.15) is 4.72 Å². The fraction of sp³-hybridized carbons (Fsp3) is 0.300. The molecule has 2 aromatic rings. The lowest BCUT2D eigenvalue weighted by Gasteiger charge is -2.38. The van der Waals surface area contributed by atoms with Crippen LogP contribution >= 0.6 is 0 Å². The van der Waals surface area contributed by atoms with Gasteiger partial charge in [-0.1, -0.05) is 0 Å². The number of fused-ring (bicyclic) bond motifs is 1. The number of anilines is 2. The van der Waals surface area contributed by atoms with Crippen molar-refractivity contribution in [3.63, 3.8) is 0 Å². The number of ketones is 1. The Balaban J connectivity index is 1.43. The third kappa shape index (κ3) is 3.88. The number of piperazine rings is 1. The number of benzene rings is 2. The van der Waals surface area contributed by atoms with Crippen LogP contribution in [0.15, 0.2) is 47.4 Å². The number of halogens is 1. The lowest BCUT2D eigenvalue weighted by Crippen LogP contribution is -2.58. The van der Waals surface area contributed by atoms with E-state index in [1.807, 2.05) is 12.1 Å². The van der Waals surface area contributed by atoms with Crippen LogP contribution in [0.1, 0.15) is 17.3 Å². The summed E-state index contributed by atoms with van der Waals surface area (Å²) in [5.74, 6) is -1.00. The van der Waals surface area contributed by atoms with Crippen LogP contribution in [0.25, 0.3) is 0 Å². The Morgan fingerprint density at radius 1 is 1.03 bits per heavy atom. The van der Waals surface area contributed by atoms with Crippen LogP contribution in [0.3, 0.4) is 0 Å². The predicted molar refractivity (Wildman–Crippen MR) is 109 cm³/mol. The van der Waals surface area contributed by atoms with Crippen LogP contribution in [0.5, 0.6) is 0 Å². The quantitative estimate of drug-likeness (QED) is 0.712. The fourth-order valence-corrected chi connectivity index (χ4v) is 4.89. The van der Waals surface area contributed by atoms with Gasteiger partial charge >= 0.3 is 0 Å². The van der Waals surface area contributed by atoms with Gasteiger partial charge in [0.2, 0.25) is 10.0 Å². The monoisotopic (exact) mass is 432 g/mol. The minimum atomic E-state index is -3.92. The van der Waals surface area contributed by atoms with Gasteiger partial charge in [0.1, 0.15) is 10.7 Å². The van der Waals surface area contributed by atoms with Gasteiger partial charge in [0.05, 0.1) is 5.69 Å². The number of nitrogens with one attached hydrogen (secondary N) is 2. The van der Waals surface area contributed by atoms with Gasteiger partial charge in [0.25, 0.3) is 5.91 Å². The van der Waals surface area contributed by atoms with Crippen molar-refractivity contribution in [3.05, 3.63) is 53.8 Å².